The summed E-state index contributed by atoms with van der Waals surface area (Å²) >= 11 is 5.94. The number of anilines is 1. The van der Waals surface area contributed by atoms with Gasteiger partial charge in [-0.1, -0.05) is 30.7 Å². The first-order valence-corrected chi connectivity index (χ1v) is 9.90. The van der Waals surface area contributed by atoms with Crippen molar-refractivity contribution in [3.63, 3.8) is 0 Å². The summed E-state index contributed by atoms with van der Waals surface area (Å²) in [6, 6.07) is 11.1. The number of rotatable bonds is 7. The molecule has 2 N–H and O–H groups in total. The Morgan fingerprint density at radius 3 is 2.73 bits per heavy atom. The summed E-state index contributed by atoms with van der Waals surface area (Å²) in [5.41, 5.74) is 3.70. The average molecular weight is 422 g/mol. The number of hydrogen-bond acceptors (Lipinski definition) is 6. The zero-order valence-electron chi connectivity index (χ0n) is 16.3. The van der Waals surface area contributed by atoms with Crippen LogP contribution in [-0.2, 0) is 11.3 Å². The van der Waals surface area contributed by atoms with Gasteiger partial charge in [0, 0.05) is 16.8 Å². The second kappa shape index (κ2) is 8.98. The summed E-state index contributed by atoms with van der Waals surface area (Å²) in [5.74, 6) is 0.284. The van der Waals surface area contributed by atoms with E-state index in [1.54, 1.807) is 24.5 Å². The number of fused-ring (bicyclic) bond motifs is 1. The quantitative estimate of drug-likeness (QED) is 0.475. The Balaban J connectivity index is 1.53. The molecule has 0 saturated carbocycles. The lowest BCUT2D eigenvalue weighted by Crippen LogP contribution is -2.28. The molecule has 0 atom stereocenters. The predicted molar refractivity (Wildman–Crippen MR) is 116 cm³/mol. The fraction of sp³-hybridized carbons (Fsp3) is 0.190. The van der Waals surface area contributed by atoms with Crippen LogP contribution in [0, 0.1) is 0 Å². The third kappa shape index (κ3) is 4.79. The second-order valence-corrected chi connectivity index (χ2v) is 7.11. The first-order chi connectivity index (χ1) is 14.6. The van der Waals surface area contributed by atoms with Crippen molar-refractivity contribution in [2.75, 3.05) is 18.4 Å². The maximum Gasteiger partial charge on any atom is 0.239 e. The van der Waals surface area contributed by atoms with Gasteiger partial charge in [-0.25, -0.2) is 9.97 Å². The molecule has 9 heteroatoms. The fourth-order valence-corrected chi connectivity index (χ4v) is 3.02. The van der Waals surface area contributed by atoms with Gasteiger partial charge in [-0.3, -0.25) is 14.5 Å². The molecular weight excluding hydrogens is 402 g/mol. The molecule has 0 bridgehead atoms. The van der Waals surface area contributed by atoms with Crippen molar-refractivity contribution in [1.29, 1.82) is 0 Å². The SMILES string of the molecule is CCNCC(=O)Nc1ccc2ncc(-c3cnn(Cc4ccc(Cl)cc4)c3)nc2n1. The first kappa shape index (κ1) is 19.9. The Labute approximate surface area is 178 Å². The van der Waals surface area contributed by atoms with Crippen LogP contribution in [0.4, 0.5) is 5.82 Å². The Hall–Kier alpha value is -3.36. The molecule has 0 saturated heterocycles. The zero-order chi connectivity index (χ0) is 20.9. The number of halogens is 1. The van der Waals surface area contributed by atoms with Gasteiger partial charge in [0.25, 0.3) is 0 Å². The lowest BCUT2D eigenvalue weighted by Gasteiger charge is -2.06. The highest BCUT2D eigenvalue weighted by Gasteiger charge is 2.09. The Bertz CT molecular complexity index is 1170. The highest BCUT2D eigenvalue weighted by molar-refractivity contribution is 6.30. The molecule has 4 aromatic rings. The molecule has 0 aliphatic rings. The van der Waals surface area contributed by atoms with Crippen LogP contribution in [0.25, 0.3) is 22.4 Å². The second-order valence-electron chi connectivity index (χ2n) is 6.68. The van der Waals surface area contributed by atoms with E-state index in [1.165, 1.54) is 0 Å². The highest BCUT2D eigenvalue weighted by Crippen LogP contribution is 2.19. The number of pyridine rings is 1. The molecule has 1 aromatic carbocycles. The number of aromatic nitrogens is 5. The molecule has 1 amide bonds. The predicted octanol–water partition coefficient (Wildman–Crippen LogP) is 3.14. The van der Waals surface area contributed by atoms with Crippen LogP contribution in [-0.4, -0.2) is 43.7 Å². The van der Waals surface area contributed by atoms with E-state index in [2.05, 4.69) is 30.7 Å². The third-order valence-corrected chi connectivity index (χ3v) is 4.65. The molecule has 0 radical (unpaired) electrons. The molecule has 0 spiro atoms. The number of carbonyl (C=O) groups is 1. The van der Waals surface area contributed by atoms with Gasteiger partial charge in [0.2, 0.25) is 5.91 Å². The largest absolute Gasteiger partial charge is 0.310 e. The molecule has 0 aliphatic heterocycles. The Morgan fingerprint density at radius 1 is 1.10 bits per heavy atom. The topological polar surface area (TPSA) is 97.6 Å². The zero-order valence-corrected chi connectivity index (χ0v) is 17.1. The smallest absolute Gasteiger partial charge is 0.239 e. The first-order valence-electron chi connectivity index (χ1n) is 9.52. The summed E-state index contributed by atoms with van der Waals surface area (Å²) in [7, 11) is 0. The van der Waals surface area contributed by atoms with Crippen LogP contribution in [0.15, 0.2) is 55.0 Å². The number of likely N-dealkylation sites (N-methyl/N-ethyl adjacent to an activating group) is 1. The van der Waals surface area contributed by atoms with E-state index >= 15 is 0 Å². The van der Waals surface area contributed by atoms with E-state index in [0.717, 1.165) is 17.7 Å². The minimum absolute atomic E-state index is 0.156. The van der Waals surface area contributed by atoms with E-state index in [4.69, 9.17) is 11.6 Å². The van der Waals surface area contributed by atoms with Crippen molar-refractivity contribution in [1.82, 2.24) is 30.0 Å². The highest BCUT2D eigenvalue weighted by atomic mass is 35.5. The number of nitrogens with zero attached hydrogens (tertiary/aromatic N) is 5. The van der Waals surface area contributed by atoms with Crippen molar-refractivity contribution < 1.29 is 4.79 Å². The minimum atomic E-state index is -0.156. The Morgan fingerprint density at radius 2 is 1.93 bits per heavy atom. The summed E-state index contributed by atoms with van der Waals surface area (Å²) < 4.78 is 1.83. The van der Waals surface area contributed by atoms with Crippen LogP contribution in [0.3, 0.4) is 0 Å². The van der Waals surface area contributed by atoms with Crippen molar-refractivity contribution in [2.24, 2.45) is 0 Å². The van der Waals surface area contributed by atoms with Gasteiger partial charge in [-0.2, -0.15) is 5.10 Å². The normalized spacial score (nSPS) is 11.0. The van der Waals surface area contributed by atoms with E-state index < -0.39 is 0 Å². The van der Waals surface area contributed by atoms with Crippen LogP contribution in [0.1, 0.15) is 12.5 Å². The maximum absolute atomic E-state index is 11.9. The van der Waals surface area contributed by atoms with E-state index in [0.29, 0.717) is 34.2 Å². The number of carbonyl (C=O) groups excluding carboxylic acids is 1. The molecular formula is C21H20ClN7O. The van der Waals surface area contributed by atoms with Crippen LogP contribution in [0.5, 0.6) is 0 Å². The van der Waals surface area contributed by atoms with Gasteiger partial charge < -0.3 is 10.6 Å². The monoisotopic (exact) mass is 421 g/mol. The van der Waals surface area contributed by atoms with Crippen LogP contribution < -0.4 is 10.6 Å². The van der Waals surface area contributed by atoms with Crippen molar-refractivity contribution >= 4 is 34.5 Å². The van der Waals surface area contributed by atoms with Crippen LogP contribution >= 0.6 is 11.6 Å². The van der Waals surface area contributed by atoms with Gasteiger partial charge in [-0.15, -0.1) is 0 Å². The third-order valence-electron chi connectivity index (χ3n) is 4.40. The average Bonchev–Trinajstić information content (AvgIpc) is 3.22. The Kier molecular flexibility index (Phi) is 5.97. The number of hydrogen-bond donors (Lipinski definition) is 2. The number of benzene rings is 1. The van der Waals surface area contributed by atoms with Crippen molar-refractivity contribution in [3.8, 4) is 11.3 Å². The molecule has 30 heavy (non-hydrogen) atoms. The minimum Gasteiger partial charge on any atom is -0.310 e. The summed E-state index contributed by atoms with van der Waals surface area (Å²) in [5, 5.41) is 10.8. The van der Waals surface area contributed by atoms with E-state index in [-0.39, 0.29) is 12.5 Å². The molecule has 8 nitrogen and oxygen atoms in total. The molecule has 0 aliphatic carbocycles. The number of nitrogens with one attached hydrogen (secondary N) is 2. The molecule has 4 rings (SSSR count). The van der Waals surface area contributed by atoms with Crippen LogP contribution in [0.2, 0.25) is 5.02 Å². The maximum atomic E-state index is 11.9. The molecule has 3 aromatic heterocycles. The molecule has 3 heterocycles. The van der Waals surface area contributed by atoms with Gasteiger partial charge in [-0.05, 0) is 36.4 Å². The van der Waals surface area contributed by atoms with Gasteiger partial charge in [0.05, 0.1) is 31.2 Å². The molecule has 152 valence electrons. The van der Waals surface area contributed by atoms with Gasteiger partial charge in [0.1, 0.15) is 11.3 Å². The van der Waals surface area contributed by atoms with E-state index in [9.17, 15) is 4.79 Å². The summed E-state index contributed by atoms with van der Waals surface area (Å²) in [6.07, 6.45) is 5.34. The fourth-order valence-electron chi connectivity index (χ4n) is 2.89. The van der Waals surface area contributed by atoms with Crippen molar-refractivity contribution in [3.05, 3.63) is 65.6 Å². The number of amides is 1. The van der Waals surface area contributed by atoms with Crippen molar-refractivity contribution in [2.45, 2.75) is 13.5 Å². The standard InChI is InChI=1S/C21H20ClN7O/c1-2-23-11-20(30)27-19-8-7-17-21(28-19)26-18(10-24-17)15-9-25-29(13-15)12-14-3-5-16(22)6-4-14/h3-10,13,23H,2,11-12H2,1H3,(H,26,27,28,30). The summed E-state index contributed by atoms with van der Waals surface area (Å²) in [6.45, 7) is 3.52. The van der Waals surface area contributed by atoms with E-state index in [1.807, 2.05) is 42.1 Å². The lowest BCUT2D eigenvalue weighted by molar-refractivity contribution is -0.115. The lowest BCUT2D eigenvalue weighted by atomic mass is 10.2. The summed E-state index contributed by atoms with van der Waals surface area (Å²) in [4.78, 5) is 25.3. The molecule has 0 fully saturated rings. The van der Waals surface area contributed by atoms with Gasteiger partial charge in [0.15, 0.2) is 5.65 Å². The molecule has 0 unspecified atom stereocenters. The van der Waals surface area contributed by atoms with Gasteiger partial charge >= 0.3 is 0 Å².